The van der Waals surface area contributed by atoms with E-state index in [0.29, 0.717) is 40.1 Å². The summed E-state index contributed by atoms with van der Waals surface area (Å²) in [7, 11) is 1.53. The molecule has 1 heterocycles. The lowest BCUT2D eigenvalue weighted by atomic mass is 10.2. The second kappa shape index (κ2) is 8.50. The Morgan fingerprint density at radius 1 is 1.26 bits per heavy atom. The van der Waals surface area contributed by atoms with Crippen LogP contribution in [-0.2, 0) is 13.2 Å². The molecule has 0 aliphatic rings. The van der Waals surface area contributed by atoms with Gasteiger partial charge in [-0.15, -0.1) is 5.10 Å². The van der Waals surface area contributed by atoms with Gasteiger partial charge in [0.2, 0.25) is 0 Å². The molecule has 0 bridgehead atoms. The Balaban J connectivity index is 1.67. The van der Waals surface area contributed by atoms with Gasteiger partial charge in [-0.2, -0.15) is 0 Å². The Labute approximate surface area is 161 Å². The molecule has 140 valence electrons. The highest BCUT2D eigenvalue weighted by Gasteiger charge is 2.10. The molecule has 27 heavy (non-hydrogen) atoms. The molecule has 0 fully saturated rings. The van der Waals surface area contributed by atoms with E-state index >= 15 is 0 Å². The number of tetrazole rings is 1. The van der Waals surface area contributed by atoms with Gasteiger partial charge in [0.05, 0.1) is 12.1 Å². The van der Waals surface area contributed by atoms with Crippen molar-refractivity contribution in [3.05, 3.63) is 58.9 Å². The Kier molecular flexibility index (Phi) is 5.87. The SMILES string of the molecule is CCn1nnnc1COc1cccc(C(=O)Nc2ccc(OC)c(Cl)c2)c1. The highest BCUT2D eigenvalue weighted by Crippen LogP contribution is 2.27. The van der Waals surface area contributed by atoms with Gasteiger partial charge >= 0.3 is 0 Å². The van der Waals surface area contributed by atoms with Gasteiger partial charge in [-0.25, -0.2) is 4.68 Å². The zero-order valence-electron chi connectivity index (χ0n) is 14.8. The van der Waals surface area contributed by atoms with Crippen LogP contribution in [0.2, 0.25) is 5.02 Å². The lowest BCUT2D eigenvalue weighted by Gasteiger charge is -2.10. The zero-order valence-corrected chi connectivity index (χ0v) is 15.6. The fraction of sp³-hybridized carbons (Fsp3) is 0.222. The van der Waals surface area contributed by atoms with Gasteiger partial charge in [0.25, 0.3) is 5.91 Å². The summed E-state index contributed by atoms with van der Waals surface area (Å²) >= 11 is 6.08. The molecule has 1 N–H and O–H groups in total. The molecule has 0 saturated carbocycles. The van der Waals surface area contributed by atoms with E-state index in [4.69, 9.17) is 21.1 Å². The molecule has 3 aromatic rings. The van der Waals surface area contributed by atoms with Crippen molar-refractivity contribution in [1.29, 1.82) is 0 Å². The van der Waals surface area contributed by atoms with Gasteiger partial charge in [-0.1, -0.05) is 17.7 Å². The number of hydrogen-bond donors (Lipinski definition) is 1. The number of benzene rings is 2. The minimum Gasteiger partial charge on any atom is -0.495 e. The summed E-state index contributed by atoms with van der Waals surface area (Å²) in [6, 6.07) is 11.9. The molecule has 0 spiro atoms. The van der Waals surface area contributed by atoms with Crippen molar-refractivity contribution in [2.24, 2.45) is 0 Å². The van der Waals surface area contributed by atoms with Crippen molar-refractivity contribution < 1.29 is 14.3 Å². The van der Waals surface area contributed by atoms with E-state index in [1.54, 1.807) is 47.1 Å². The number of carbonyl (C=O) groups excluding carboxylic acids is 1. The van der Waals surface area contributed by atoms with Gasteiger partial charge in [0, 0.05) is 17.8 Å². The predicted molar refractivity (Wildman–Crippen MR) is 100 cm³/mol. The van der Waals surface area contributed by atoms with Crippen molar-refractivity contribution in [2.45, 2.75) is 20.1 Å². The summed E-state index contributed by atoms with van der Waals surface area (Å²) < 4.78 is 12.4. The van der Waals surface area contributed by atoms with E-state index in [1.807, 2.05) is 6.92 Å². The first kappa shape index (κ1) is 18.7. The summed E-state index contributed by atoms with van der Waals surface area (Å²) in [6.45, 7) is 2.80. The van der Waals surface area contributed by atoms with Gasteiger partial charge in [0.15, 0.2) is 5.82 Å². The number of carbonyl (C=O) groups is 1. The van der Waals surface area contributed by atoms with Crippen molar-refractivity contribution in [2.75, 3.05) is 12.4 Å². The van der Waals surface area contributed by atoms with Crippen LogP contribution in [0.5, 0.6) is 11.5 Å². The maximum absolute atomic E-state index is 12.5. The second-order valence-corrected chi connectivity index (χ2v) is 5.94. The van der Waals surface area contributed by atoms with Crippen molar-refractivity contribution in [1.82, 2.24) is 20.2 Å². The van der Waals surface area contributed by atoms with Crippen LogP contribution in [0, 0.1) is 0 Å². The lowest BCUT2D eigenvalue weighted by Crippen LogP contribution is -2.12. The minimum atomic E-state index is -0.278. The average Bonchev–Trinajstić information content (AvgIpc) is 3.14. The van der Waals surface area contributed by atoms with Gasteiger partial charge < -0.3 is 14.8 Å². The van der Waals surface area contributed by atoms with Crippen molar-refractivity contribution in [3.8, 4) is 11.5 Å². The second-order valence-electron chi connectivity index (χ2n) is 5.53. The van der Waals surface area contributed by atoms with Crippen LogP contribution in [0.1, 0.15) is 23.1 Å². The molecule has 0 saturated heterocycles. The number of aromatic nitrogens is 4. The number of nitrogens with one attached hydrogen (secondary N) is 1. The average molecular weight is 388 g/mol. The normalized spacial score (nSPS) is 10.5. The van der Waals surface area contributed by atoms with Crippen LogP contribution in [0.4, 0.5) is 5.69 Å². The van der Waals surface area contributed by atoms with Crippen molar-refractivity contribution in [3.63, 3.8) is 0 Å². The third-order valence-electron chi connectivity index (χ3n) is 3.78. The molecule has 3 rings (SSSR count). The largest absolute Gasteiger partial charge is 0.495 e. The molecule has 1 aromatic heterocycles. The molecule has 0 aliphatic heterocycles. The molecule has 1 amide bonds. The van der Waals surface area contributed by atoms with Crippen LogP contribution < -0.4 is 14.8 Å². The summed E-state index contributed by atoms with van der Waals surface area (Å²) in [5.74, 6) is 1.42. The Bertz CT molecular complexity index is 944. The number of anilines is 1. The maximum Gasteiger partial charge on any atom is 0.255 e. The first-order valence-electron chi connectivity index (χ1n) is 8.23. The summed E-state index contributed by atoms with van der Waals surface area (Å²) in [4.78, 5) is 12.5. The number of halogens is 1. The third kappa shape index (κ3) is 4.53. The fourth-order valence-electron chi connectivity index (χ4n) is 2.39. The predicted octanol–water partition coefficient (Wildman–Crippen LogP) is 3.19. The number of nitrogens with zero attached hydrogens (tertiary/aromatic N) is 4. The first-order chi connectivity index (χ1) is 13.1. The van der Waals surface area contributed by atoms with Crippen LogP contribution >= 0.6 is 11.6 Å². The topological polar surface area (TPSA) is 91.2 Å². The number of ether oxygens (including phenoxy) is 2. The highest BCUT2D eigenvalue weighted by molar-refractivity contribution is 6.32. The van der Waals surface area contributed by atoms with Crippen LogP contribution in [0.15, 0.2) is 42.5 Å². The Morgan fingerprint density at radius 3 is 2.85 bits per heavy atom. The van der Waals surface area contributed by atoms with Crippen molar-refractivity contribution >= 4 is 23.2 Å². The number of methoxy groups -OCH3 is 1. The third-order valence-corrected chi connectivity index (χ3v) is 4.07. The van der Waals surface area contributed by atoms with Crippen LogP contribution in [0.25, 0.3) is 0 Å². The van der Waals surface area contributed by atoms with E-state index in [-0.39, 0.29) is 12.5 Å². The summed E-state index contributed by atoms with van der Waals surface area (Å²) in [5.41, 5.74) is 1.02. The molecule has 0 atom stereocenters. The van der Waals surface area contributed by atoms with E-state index in [9.17, 15) is 4.79 Å². The number of aryl methyl sites for hydroxylation is 1. The van der Waals surface area contributed by atoms with E-state index in [2.05, 4.69) is 20.8 Å². The number of hydrogen-bond acceptors (Lipinski definition) is 6. The smallest absolute Gasteiger partial charge is 0.255 e. The fourth-order valence-corrected chi connectivity index (χ4v) is 2.65. The maximum atomic E-state index is 12.5. The molecular formula is C18H18ClN5O3. The van der Waals surface area contributed by atoms with E-state index in [1.165, 1.54) is 7.11 Å². The van der Waals surface area contributed by atoms with Crippen LogP contribution in [-0.4, -0.2) is 33.2 Å². The first-order valence-corrected chi connectivity index (χ1v) is 8.61. The van der Waals surface area contributed by atoms with Crippen LogP contribution in [0.3, 0.4) is 0 Å². The van der Waals surface area contributed by atoms with Gasteiger partial charge in [0.1, 0.15) is 18.1 Å². The lowest BCUT2D eigenvalue weighted by molar-refractivity contribution is 0.102. The Morgan fingerprint density at radius 2 is 2.11 bits per heavy atom. The minimum absolute atomic E-state index is 0.208. The monoisotopic (exact) mass is 387 g/mol. The molecule has 0 aliphatic carbocycles. The Hall–Kier alpha value is -3.13. The molecule has 0 radical (unpaired) electrons. The summed E-state index contributed by atoms with van der Waals surface area (Å²) in [6.07, 6.45) is 0. The molecule has 0 unspecified atom stereocenters. The summed E-state index contributed by atoms with van der Waals surface area (Å²) in [5, 5.41) is 14.6. The zero-order chi connectivity index (χ0) is 19.2. The van der Waals surface area contributed by atoms with E-state index in [0.717, 1.165) is 0 Å². The molecule has 9 heteroatoms. The van der Waals surface area contributed by atoms with Gasteiger partial charge in [-0.05, 0) is 53.7 Å². The molecule has 2 aromatic carbocycles. The van der Waals surface area contributed by atoms with E-state index < -0.39 is 0 Å². The highest BCUT2D eigenvalue weighted by atomic mass is 35.5. The number of rotatable bonds is 7. The quantitative estimate of drug-likeness (QED) is 0.669. The van der Waals surface area contributed by atoms with Gasteiger partial charge in [-0.3, -0.25) is 4.79 Å². The molecular weight excluding hydrogens is 370 g/mol. The molecule has 8 nitrogen and oxygen atoms in total. The number of amides is 1. The standard InChI is InChI=1S/C18H18ClN5O3/c1-3-24-17(21-22-23-24)11-27-14-6-4-5-12(9-14)18(25)20-13-7-8-16(26-2)15(19)10-13/h4-10H,3,11H2,1-2H3,(H,20,25).